The molecular formula is C23H18ClF2N9O. The number of amides is 1. The molecule has 0 spiro atoms. The normalized spacial score (nSPS) is 19.5. The number of carbonyl (C=O) groups is 1. The van der Waals surface area contributed by atoms with Gasteiger partial charge in [-0.2, -0.15) is 4.68 Å². The van der Waals surface area contributed by atoms with Crippen LogP contribution in [-0.2, 0) is 4.79 Å². The van der Waals surface area contributed by atoms with Crippen molar-refractivity contribution in [2.75, 3.05) is 5.73 Å². The smallest absolute Gasteiger partial charge is 0.247 e. The lowest BCUT2D eigenvalue weighted by atomic mass is 9.92. The van der Waals surface area contributed by atoms with Crippen LogP contribution in [0.2, 0.25) is 5.02 Å². The lowest BCUT2D eigenvalue weighted by Crippen LogP contribution is -2.39. The third kappa shape index (κ3) is 3.52. The maximum atomic E-state index is 15.2. The molecule has 0 bridgehead atoms. The van der Waals surface area contributed by atoms with Gasteiger partial charge in [-0.3, -0.25) is 4.79 Å². The molecule has 5 heterocycles. The second kappa shape index (κ2) is 8.48. The molecule has 0 aliphatic carbocycles. The standard InChI is InChI=1S/C23H18ClF2N9O/c24-14-2-4-16(34-10-30-32-33-34)19(21(14)26)11-7-12-1-3-17(35(12)18(36)8-11)23-29-9-15(31-23)13-5-6-28-22(27)20(13)25/h2,4-6,8-10,12,17H,1,3,7H2,(H2,27,28)(H,29,31)/t12-,17+/m1/s1. The fourth-order valence-corrected chi connectivity index (χ4v) is 5.17. The molecule has 1 amide bonds. The Labute approximate surface area is 207 Å². The molecule has 1 aromatic carbocycles. The lowest BCUT2D eigenvalue weighted by Gasteiger charge is -2.33. The maximum Gasteiger partial charge on any atom is 0.247 e. The van der Waals surface area contributed by atoms with Crippen LogP contribution < -0.4 is 5.73 Å². The predicted octanol–water partition coefficient (Wildman–Crippen LogP) is 3.48. The fourth-order valence-electron chi connectivity index (χ4n) is 5.02. The summed E-state index contributed by atoms with van der Waals surface area (Å²) in [7, 11) is 0. The van der Waals surface area contributed by atoms with E-state index in [1.807, 2.05) is 0 Å². The second-order valence-corrected chi connectivity index (χ2v) is 9.02. The van der Waals surface area contributed by atoms with Crippen molar-refractivity contribution in [1.82, 2.24) is 40.1 Å². The van der Waals surface area contributed by atoms with Gasteiger partial charge >= 0.3 is 0 Å². The van der Waals surface area contributed by atoms with Gasteiger partial charge in [0.25, 0.3) is 0 Å². The first-order valence-electron chi connectivity index (χ1n) is 11.1. The molecule has 36 heavy (non-hydrogen) atoms. The summed E-state index contributed by atoms with van der Waals surface area (Å²) in [5.74, 6) is -1.22. The number of nitrogen functional groups attached to an aromatic ring is 1. The van der Waals surface area contributed by atoms with Crippen LogP contribution in [0, 0.1) is 11.6 Å². The SMILES string of the molecule is Nc1nccc(-c2cnc([C@@H]3CC[C@@H]4CC(c5c(-n6cnnn6)ccc(Cl)c5F)=CC(=O)N43)[nH]2)c1F. The molecule has 1 fully saturated rings. The highest BCUT2D eigenvalue weighted by atomic mass is 35.5. The van der Waals surface area contributed by atoms with Crippen LogP contribution in [0.25, 0.3) is 22.5 Å². The second-order valence-electron chi connectivity index (χ2n) is 8.62. The Morgan fingerprint density at radius 2 is 2.00 bits per heavy atom. The average Bonchev–Trinajstić information content (AvgIpc) is 3.63. The number of H-pyrrole nitrogens is 1. The number of aromatic amines is 1. The highest BCUT2D eigenvalue weighted by Crippen LogP contribution is 2.44. The van der Waals surface area contributed by atoms with Crippen LogP contribution >= 0.6 is 11.6 Å². The number of nitrogens with two attached hydrogens (primary N) is 1. The van der Waals surface area contributed by atoms with Crippen molar-refractivity contribution >= 4 is 28.9 Å². The number of nitrogens with zero attached hydrogens (tertiary/aromatic N) is 7. The number of fused-ring (bicyclic) bond motifs is 1. The maximum absolute atomic E-state index is 15.2. The number of benzene rings is 1. The molecule has 182 valence electrons. The summed E-state index contributed by atoms with van der Waals surface area (Å²) in [5.41, 5.74) is 7.37. The van der Waals surface area contributed by atoms with Crippen molar-refractivity contribution in [3.05, 3.63) is 71.0 Å². The van der Waals surface area contributed by atoms with E-state index < -0.39 is 11.6 Å². The van der Waals surface area contributed by atoms with Crippen LogP contribution in [0.1, 0.15) is 36.7 Å². The van der Waals surface area contributed by atoms with Gasteiger partial charge in [0, 0.05) is 29.4 Å². The summed E-state index contributed by atoms with van der Waals surface area (Å²) in [6.07, 6.45) is 7.44. The van der Waals surface area contributed by atoms with Gasteiger partial charge in [-0.15, -0.1) is 5.10 Å². The first kappa shape index (κ1) is 22.3. The number of imidazole rings is 1. The third-order valence-electron chi connectivity index (χ3n) is 6.62. The summed E-state index contributed by atoms with van der Waals surface area (Å²) < 4.78 is 31.0. The quantitative estimate of drug-likeness (QED) is 0.430. The molecule has 13 heteroatoms. The Balaban J connectivity index is 1.34. The molecule has 4 aromatic rings. The minimum atomic E-state index is -0.638. The minimum Gasteiger partial charge on any atom is -0.381 e. The highest BCUT2D eigenvalue weighted by Gasteiger charge is 2.42. The Morgan fingerprint density at radius 3 is 2.81 bits per heavy atom. The Hall–Kier alpha value is -4.19. The van der Waals surface area contributed by atoms with Crippen molar-refractivity contribution in [3.63, 3.8) is 0 Å². The molecule has 2 aliphatic heterocycles. The zero-order chi connectivity index (χ0) is 25.0. The molecule has 0 unspecified atom stereocenters. The summed E-state index contributed by atoms with van der Waals surface area (Å²) in [6, 6.07) is 4.03. The summed E-state index contributed by atoms with van der Waals surface area (Å²) in [4.78, 5) is 26.4. The van der Waals surface area contributed by atoms with Crippen molar-refractivity contribution < 1.29 is 13.6 Å². The van der Waals surface area contributed by atoms with Gasteiger partial charge in [-0.1, -0.05) is 11.6 Å². The summed E-state index contributed by atoms with van der Waals surface area (Å²) in [6.45, 7) is 0. The highest BCUT2D eigenvalue weighted by molar-refractivity contribution is 6.31. The number of tetrazole rings is 1. The Bertz CT molecular complexity index is 1520. The number of pyridine rings is 1. The van der Waals surface area contributed by atoms with E-state index in [-0.39, 0.29) is 40.0 Å². The van der Waals surface area contributed by atoms with Crippen molar-refractivity contribution in [2.45, 2.75) is 31.3 Å². The van der Waals surface area contributed by atoms with Crippen LogP contribution in [-0.4, -0.2) is 52.0 Å². The first-order valence-corrected chi connectivity index (χ1v) is 11.5. The van der Waals surface area contributed by atoms with Gasteiger partial charge in [0.15, 0.2) is 17.5 Å². The minimum absolute atomic E-state index is 0.0611. The fraction of sp³-hybridized carbons (Fsp3) is 0.217. The number of hydrogen-bond donors (Lipinski definition) is 2. The molecule has 6 rings (SSSR count). The zero-order valence-electron chi connectivity index (χ0n) is 18.6. The van der Waals surface area contributed by atoms with E-state index in [2.05, 4.69) is 30.5 Å². The summed E-state index contributed by atoms with van der Waals surface area (Å²) >= 11 is 6.08. The van der Waals surface area contributed by atoms with E-state index >= 15 is 4.39 Å². The molecule has 2 atom stereocenters. The molecule has 3 aromatic heterocycles. The van der Waals surface area contributed by atoms with Crippen molar-refractivity contribution in [1.29, 1.82) is 0 Å². The topological polar surface area (TPSA) is 132 Å². The number of anilines is 1. The first-order chi connectivity index (χ1) is 17.4. The molecule has 0 saturated carbocycles. The average molecular weight is 510 g/mol. The predicted molar refractivity (Wildman–Crippen MR) is 126 cm³/mol. The monoisotopic (exact) mass is 509 g/mol. The number of aromatic nitrogens is 7. The van der Waals surface area contributed by atoms with E-state index in [0.717, 1.165) is 0 Å². The Morgan fingerprint density at radius 1 is 1.14 bits per heavy atom. The van der Waals surface area contributed by atoms with Crippen molar-refractivity contribution in [2.24, 2.45) is 0 Å². The van der Waals surface area contributed by atoms with Crippen LogP contribution in [0.4, 0.5) is 14.6 Å². The zero-order valence-corrected chi connectivity index (χ0v) is 19.3. The van der Waals surface area contributed by atoms with Crippen LogP contribution in [0.3, 0.4) is 0 Å². The molecule has 3 N–H and O–H groups in total. The van der Waals surface area contributed by atoms with Crippen molar-refractivity contribution in [3.8, 4) is 16.9 Å². The van der Waals surface area contributed by atoms with E-state index in [0.29, 0.717) is 42.0 Å². The molecule has 0 radical (unpaired) electrons. The van der Waals surface area contributed by atoms with E-state index in [1.165, 1.54) is 41.6 Å². The molecule has 1 saturated heterocycles. The molecular weight excluding hydrogens is 492 g/mol. The summed E-state index contributed by atoms with van der Waals surface area (Å²) in [5, 5.41) is 11.0. The molecule has 10 nitrogen and oxygen atoms in total. The third-order valence-corrected chi connectivity index (χ3v) is 6.91. The number of carbonyl (C=O) groups excluding carboxylic acids is 1. The van der Waals surface area contributed by atoms with E-state index in [4.69, 9.17) is 17.3 Å². The van der Waals surface area contributed by atoms with Gasteiger partial charge in [-0.25, -0.2) is 18.7 Å². The number of hydrogen-bond acceptors (Lipinski definition) is 7. The van der Waals surface area contributed by atoms with E-state index in [9.17, 15) is 9.18 Å². The number of nitrogens with one attached hydrogen (secondary N) is 1. The van der Waals surface area contributed by atoms with Gasteiger partial charge in [0.05, 0.1) is 28.6 Å². The van der Waals surface area contributed by atoms with Crippen LogP contribution in [0.15, 0.2) is 43.0 Å². The van der Waals surface area contributed by atoms with Crippen LogP contribution in [0.5, 0.6) is 0 Å². The Kier molecular flexibility index (Phi) is 5.25. The van der Waals surface area contributed by atoms with Gasteiger partial charge in [-0.05, 0) is 53.5 Å². The number of halogens is 3. The number of rotatable bonds is 4. The van der Waals surface area contributed by atoms with Gasteiger partial charge in [0.1, 0.15) is 12.2 Å². The lowest BCUT2D eigenvalue weighted by molar-refractivity contribution is -0.129. The van der Waals surface area contributed by atoms with Gasteiger partial charge < -0.3 is 15.6 Å². The van der Waals surface area contributed by atoms with E-state index in [1.54, 1.807) is 11.0 Å². The molecule has 2 aliphatic rings. The largest absolute Gasteiger partial charge is 0.381 e. The van der Waals surface area contributed by atoms with Gasteiger partial charge in [0.2, 0.25) is 5.91 Å².